The monoisotopic (exact) mass is 319 g/mol. The number of Topliss-reactive ketones (excluding diaryl/α,β-unsaturated/α-hetero) is 1. The van der Waals surface area contributed by atoms with Gasteiger partial charge in [-0.25, -0.2) is 0 Å². The predicted octanol–water partition coefficient (Wildman–Crippen LogP) is 3.63. The van der Waals surface area contributed by atoms with Crippen LogP contribution in [0.5, 0.6) is 0 Å². The van der Waals surface area contributed by atoms with Crippen LogP contribution in [-0.4, -0.2) is 23.6 Å². The van der Waals surface area contributed by atoms with Crippen molar-refractivity contribution in [3.8, 4) is 0 Å². The van der Waals surface area contributed by atoms with Crippen molar-refractivity contribution in [3.63, 3.8) is 0 Å². The Morgan fingerprint density at radius 1 is 1.12 bits per heavy atom. The summed E-state index contributed by atoms with van der Waals surface area (Å²) in [6.07, 6.45) is 1.60. The van der Waals surface area contributed by atoms with Gasteiger partial charge in [0.15, 0.2) is 5.78 Å². The summed E-state index contributed by atoms with van der Waals surface area (Å²) in [6, 6.07) is 16.3. The molecule has 0 radical (unpaired) electrons. The zero-order valence-corrected chi connectivity index (χ0v) is 13.5. The largest absolute Gasteiger partial charge is 0.295 e. The number of ketones is 1. The first kappa shape index (κ1) is 15.8. The van der Waals surface area contributed by atoms with Gasteiger partial charge in [-0.1, -0.05) is 18.2 Å². The van der Waals surface area contributed by atoms with Gasteiger partial charge in [0.1, 0.15) is 5.92 Å². The molecule has 3 rings (SSSR count). The van der Waals surface area contributed by atoms with Crippen molar-refractivity contribution >= 4 is 35.0 Å². The van der Waals surface area contributed by atoms with Gasteiger partial charge in [0.05, 0.1) is 17.1 Å². The van der Waals surface area contributed by atoms with Crippen molar-refractivity contribution in [2.24, 2.45) is 16.0 Å². The molecule has 5 heteroatoms. The highest BCUT2D eigenvalue weighted by Crippen LogP contribution is 2.23. The van der Waals surface area contributed by atoms with Gasteiger partial charge in [-0.3, -0.25) is 14.6 Å². The quantitative estimate of drug-likeness (QED) is 0.638. The topological polar surface area (TPSA) is 62.1 Å². The van der Waals surface area contributed by atoms with E-state index in [0.717, 1.165) is 5.69 Å². The van der Waals surface area contributed by atoms with E-state index in [1.807, 2.05) is 37.3 Å². The molecule has 0 fully saturated rings. The fourth-order valence-electron chi connectivity index (χ4n) is 2.45. The molecule has 0 saturated heterocycles. The standard InChI is InChI=1S/C19H17N3O2/c1-13-18(12-20-16-10-8-15(9-11-16)14(2)23)19(24)22(21-13)17-6-4-3-5-7-17/h3-12,18H,1-2H3/t18-/m0/s1. The van der Waals surface area contributed by atoms with E-state index in [2.05, 4.69) is 10.1 Å². The Morgan fingerprint density at radius 3 is 2.42 bits per heavy atom. The van der Waals surface area contributed by atoms with Crippen LogP contribution in [0.1, 0.15) is 24.2 Å². The SMILES string of the molecule is CC(=O)c1ccc(N=C[C@@H]2C(=O)N(c3ccccc3)N=C2C)cc1. The molecule has 1 aliphatic heterocycles. The third-order valence-corrected chi connectivity index (χ3v) is 3.83. The summed E-state index contributed by atoms with van der Waals surface area (Å²) in [5, 5.41) is 5.74. The molecule has 0 aromatic heterocycles. The van der Waals surface area contributed by atoms with Crippen LogP contribution in [0, 0.1) is 5.92 Å². The molecule has 0 unspecified atom stereocenters. The zero-order valence-electron chi connectivity index (χ0n) is 13.5. The molecule has 0 saturated carbocycles. The first-order valence-electron chi connectivity index (χ1n) is 7.65. The minimum Gasteiger partial charge on any atom is -0.295 e. The van der Waals surface area contributed by atoms with Gasteiger partial charge in [0.2, 0.25) is 0 Å². The predicted molar refractivity (Wildman–Crippen MR) is 95.1 cm³/mol. The number of amides is 1. The average Bonchev–Trinajstić information content (AvgIpc) is 2.88. The van der Waals surface area contributed by atoms with Crippen LogP contribution >= 0.6 is 0 Å². The molecule has 0 aliphatic carbocycles. The summed E-state index contributed by atoms with van der Waals surface area (Å²) in [5.74, 6) is -0.585. The lowest BCUT2D eigenvalue weighted by atomic mass is 10.1. The molecular formula is C19H17N3O2. The lowest BCUT2D eigenvalue weighted by molar-refractivity contribution is -0.118. The number of carbonyl (C=O) groups excluding carboxylic acids is 2. The van der Waals surface area contributed by atoms with Crippen molar-refractivity contribution in [1.82, 2.24) is 0 Å². The average molecular weight is 319 g/mol. The number of rotatable bonds is 4. The molecule has 0 N–H and O–H groups in total. The summed E-state index contributed by atoms with van der Waals surface area (Å²) in [6.45, 7) is 3.34. The molecule has 5 nitrogen and oxygen atoms in total. The number of anilines is 1. The number of nitrogens with zero attached hydrogens (tertiary/aromatic N) is 3. The summed E-state index contributed by atoms with van der Waals surface area (Å²) in [5.41, 5.74) is 2.77. The Morgan fingerprint density at radius 2 is 1.79 bits per heavy atom. The third-order valence-electron chi connectivity index (χ3n) is 3.83. The van der Waals surface area contributed by atoms with Crippen molar-refractivity contribution in [2.75, 3.05) is 5.01 Å². The Balaban J connectivity index is 1.77. The van der Waals surface area contributed by atoms with Crippen LogP contribution in [0.3, 0.4) is 0 Å². The van der Waals surface area contributed by atoms with E-state index in [1.165, 1.54) is 11.9 Å². The molecule has 2 aromatic carbocycles. The molecule has 1 heterocycles. The number of para-hydroxylation sites is 1. The van der Waals surface area contributed by atoms with E-state index in [0.29, 0.717) is 17.0 Å². The van der Waals surface area contributed by atoms with Gasteiger partial charge >= 0.3 is 0 Å². The first-order valence-corrected chi connectivity index (χ1v) is 7.65. The number of hydrogen-bond acceptors (Lipinski definition) is 4. The van der Waals surface area contributed by atoms with Gasteiger partial charge in [-0.05, 0) is 50.2 Å². The van der Waals surface area contributed by atoms with Crippen LogP contribution in [0.25, 0.3) is 0 Å². The van der Waals surface area contributed by atoms with Gasteiger partial charge in [0, 0.05) is 11.8 Å². The number of hydrazone groups is 1. The van der Waals surface area contributed by atoms with Gasteiger partial charge in [-0.2, -0.15) is 10.1 Å². The number of carbonyl (C=O) groups is 2. The maximum absolute atomic E-state index is 12.6. The Kier molecular flexibility index (Phi) is 4.33. The second kappa shape index (κ2) is 6.58. The second-order valence-electron chi connectivity index (χ2n) is 5.59. The van der Waals surface area contributed by atoms with Crippen LogP contribution in [0.2, 0.25) is 0 Å². The van der Waals surface area contributed by atoms with Gasteiger partial charge in [0.25, 0.3) is 5.91 Å². The second-order valence-corrected chi connectivity index (χ2v) is 5.59. The molecule has 0 bridgehead atoms. The van der Waals surface area contributed by atoms with Crippen LogP contribution in [0.4, 0.5) is 11.4 Å². The molecular weight excluding hydrogens is 302 g/mol. The minimum atomic E-state index is -0.474. The Hall–Kier alpha value is -3.08. The van der Waals surface area contributed by atoms with Crippen molar-refractivity contribution in [2.45, 2.75) is 13.8 Å². The minimum absolute atomic E-state index is 0.0120. The molecule has 1 atom stereocenters. The number of aliphatic imine (C=N–C) groups is 1. The van der Waals surface area contributed by atoms with Crippen LogP contribution in [-0.2, 0) is 4.79 Å². The summed E-state index contributed by atoms with van der Waals surface area (Å²) in [7, 11) is 0. The highest BCUT2D eigenvalue weighted by Gasteiger charge is 2.33. The molecule has 1 aliphatic rings. The lowest BCUT2D eigenvalue weighted by Gasteiger charge is -2.12. The van der Waals surface area contributed by atoms with E-state index in [4.69, 9.17) is 0 Å². The third kappa shape index (κ3) is 3.15. The van der Waals surface area contributed by atoms with Gasteiger partial charge < -0.3 is 0 Å². The number of hydrogen-bond donors (Lipinski definition) is 0. The molecule has 1 amide bonds. The zero-order chi connectivity index (χ0) is 17.1. The van der Waals surface area contributed by atoms with Crippen LogP contribution in [0.15, 0.2) is 64.7 Å². The molecule has 120 valence electrons. The fraction of sp³-hybridized carbons (Fsp3) is 0.158. The highest BCUT2D eigenvalue weighted by atomic mass is 16.2. The van der Waals surface area contributed by atoms with Crippen molar-refractivity contribution in [3.05, 3.63) is 60.2 Å². The first-order chi connectivity index (χ1) is 11.6. The molecule has 24 heavy (non-hydrogen) atoms. The smallest absolute Gasteiger partial charge is 0.261 e. The molecule has 2 aromatic rings. The summed E-state index contributed by atoms with van der Waals surface area (Å²) >= 11 is 0. The van der Waals surface area contributed by atoms with Crippen LogP contribution < -0.4 is 5.01 Å². The lowest BCUT2D eigenvalue weighted by Crippen LogP contribution is -2.27. The Labute approximate surface area is 140 Å². The van der Waals surface area contributed by atoms with E-state index in [1.54, 1.807) is 30.5 Å². The molecule has 0 spiro atoms. The normalized spacial score (nSPS) is 17.4. The summed E-state index contributed by atoms with van der Waals surface area (Å²) < 4.78 is 0. The highest BCUT2D eigenvalue weighted by molar-refractivity contribution is 6.23. The van der Waals surface area contributed by atoms with Crippen molar-refractivity contribution in [1.29, 1.82) is 0 Å². The maximum atomic E-state index is 12.6. The maximum Gasteiger partial charge on any atom is 0.261 e. The van der Waals surface area contributed by atoms with E-state index >= 15 is 0 Å². The summed E-state index contributed by atoms with van der Waals surface area (Å²) in [4.78, 5) is 28.2. The van der Waals surface area contributed by atoms with Crippen molar-refractivity contribution < 1.29 is 9.59 Å². The fourth-order valence-corrected chi connectivity index (χ4v) is 2.45. The Bertz CT molecular complexity index is 823. The van der Waals surface area contributed by atoms with E-state index in [9.17, 15) is 9.59 Å². The number of benzene rings is 2. The van der Waals surface area contributed by atoms with E-state index < -0.39 is 5.92 Å². The van der Waals surface area contributed by atoms with Gasteiger partial charge in [-0.15, -0.1) is 0 Å². The van der Waals surface area contributed by atoms with E-state index in [-0.39, 0.29) is 11.7 Å².